The second kappa shape index (κ2) is 11.9. The zero-order chi connectivity index (χ0) is 26.3. The van der Waals surface area contributed by atoms with Crippen molar-refractivity contribution in [2.45, 2.75) is 73.1 Å². The van der Waals surface area contributed by atoms with Crippen LogP contribution in [0.3, 0.4) is 0 Å². The third kappa shape index (κ3) is 5.74. The molecule has 4 rings (SSSR count). The lowest BCUT2D eigenvalue weighted by molar-refractivity contribution is -0.125. The average Bonchev–Trinajstić information content (AvgIpc) is 3.19. The molecule has 2 saturated carbocycles. The van der Waals surface area contributed by atoms with Crippen molar-refractivity contribution in [3.63, 3.8) is 0 Å². The molecule has 0 aliphatic heterocycles. The Morgan fingerprint density at radius 1 is 1.08 bits per heavy atom. The summed E-state index contributed by atoms with van der Waals surface area (Å²) in [5.41, 5.74) is 2.42. The SMILES string of the molecule is CC12CCC(C(=Cc3ccccc3)C1=O)C2(C)C.CCCCC(CC)COC(=O)c1ccccc1O. The van der Waals surface area contributed by atoms with Crippen LogP contribution in [0.5, 0.6) is 5.75 Å². The number of esters is 1. The fraction of sp³-hybridized carbons (Fsp3) is 0.500. The molecule has 4 nitrogen and oxygen atoms in total. The Hall–Kier alpha value is -2.88. The second-order valence-electron chi connectivity index (χ2n) is 11.0. The van der Waals surface area contributed by atoms with Gasteiger partial charge in [0.2, 0.25) is 0 Å². The normalized spacial score (nSPS) is 23.8. The molecule has 36 heavy (non-hydrogen) atoms. The number of para-hydroxylation sites is 1. The van der Waals surface area contributed by atoms with E-state index in [1.807, 2.05) is 18.2 Å². The molecule has 0 saturated heterocycles. The molecule has 2 aliphatic carbocycles. The van der Waals surface area contributed by atoms with Gasteiger partial charge < -0.3 is 9.84 Å². The van der Waals surface area contributed by atoms with Crippen LogP contribution in [-0.2, 0) is 9.53 Å². The van der Waals surface area contributed by atoms with Crippen LogP contribution in [0.2, 0.25) is 0 Å². The third-order valence-corrected chi connectivity index (χ3v) is 8.60. The van der Waals surface area contributed by atoms with Gasteiger partial charge in [-0.2, -0.15) is 0 Å². The van der Waals surface area contributed by atoms with Crippen LogP contribution in [0.25, 0.3) is 6.08 Å². The smallest absolute Gasteiger partial charge is 0.341 e. The van der Waals surface area contributed by atoms with Crippen LogP contribution in [0.4, 0.5) is 0 Å². The first-order valence-corrected chi connectivity index (χ1v) is 13.4. The molecule has 2 bridgehead atoms. The first-order valence-electron chi connectivity index (χ1n) is 13.4. The van der Waals surface area contributed by atoms with Crippen molar-refractivity contribution < 1.29 is 19.4 Å². The molecule has 0 heterocycles. The molecule has 0 aromatic heterocycles. The maximum atomic E-state index is 12.6. The zero-order valence-electron chi connectivity index (χ0n) is 22.5. The van der Waals surface area contributed by atoms with E-state index >= 15 is 0 Å². The minimum atomic E-state index is -0.442. The number of aromatic hydroxyl groups is 1. The Bertz CT molecular complexity index is 1070. The molecular formula is C32H42O4. The summed E-state index contributed by atoms with van der Waals surface area (Å²) < 4.78 is 5.26. The molecular weight excluding hydrogens is 448 g/mol. The van der Waals surface area contributed by atoms with Gasteiger partial charge in [-0.15, -0.1) is 0 Å². The number of fused-ring (bicyclic) bond motifs is 2. The fourth-order valence-corrected chi connectivity index (χ4v) is 5.64. The van der Waals surface area contributed by atoms with E-state index in [1.54, 1.807) is 18.2 Å². The van der Waals surface area contributed by atoms with Crippen LogP contribution < -0.4 is 0 Å². The van der Waals surface area contributed by atoms with Crippen molar-refractivity contribution in [2.75, 3.05) is 6.61 Å². The summed E-state index contributed by atoms with van der Waals surface area (Å²) in [7, 11) is 0. The van der Waals surface area contributed by atoms with Gasteiger partial charge >= 0.3 is 5.97 Å². The zero-order valence-corrected chi connectivity index (χ0v) is 22.5. The first-order chi connectivity index (χ1) is 17.2. The molecule has 4 heteroatoms. The van der Waals surface area contributed by atoms with Crippen molar-refractivity contribution in [1.82, 2.24) is 0 Å². The number of ketones is 1. The summed E-state index contributed by atoms with van der Waals surface area (Å²) in [6.45, 7) is 11.4. The van der Waals surface area contributed by atoms with Crippen LogP contribution >= 0.6 is 0 Å². The number of ether oxygens (including phenoxy) is 1. The molecule has 194 valence electrons. The summed E-state index contributed by atoms with van der Waals surface area (Å²) in [6, 6.07) is 16.7. The fourth-order valence-electron chi connectivity index (χ4n) is 5.64. The van der Waals surface area contributed by atoms with Gasteiger partial charge in [0.1, 0.15) is 11.3 Å². The number of hydrogen-bond acceptors (Lipinski definition) is 4. The van der Waals surface area contributed by atoms with Crippen LogP contribution in [0.1, 0.15) is 89.1 Å². The number of Topliss-reactive ketones (excluding diaryl/α,β-unsaturated/α-hetero) is 1. The van der Waals surface area contributed by atoms with Gasteiger partial charge in [0, 0.05) is 5.41 Å². The lowest BCUT2D eigenvalue weighted by Gasteiger charge is -2.31. The number of allylic oxidation sites excluding steroid dienone is 1. The summed E-state index contributed by atoms with van der Waals surface area (Å²) in [5.74, 6) is 0.773. The summed E-state index contributed by atoms with van der Waals surface area (Å²) in [6.07, 6.45) is 8.73. The van der Waals surface area contributed by atoms with E-state index in [4.69, 9.17) is 4.74 Å². The molecule has 2 aromatic rings. The standard InChI is InChI=1S/C17H20O.C15H22O3/c1-16(2)14-9-10-17(16,3)15(18)13(14)11-12-7-5-4-6-8-12;1-3-5-8-12(4-2)11-18-15(17)13-9-6-7-10-14(13)16/h4-8,11,14H,9-10H2,1-3H3;6-7,9-10,12,16H,3-5,8,11H2,1-2H3. The number of benzene rings is 2. The molecule has 0 radical (unpaired) electrons. The number of phenols is 1. The number of hydrogen-bond donors (Lipinski definition) is 1. The van der Waals surface area contributed by atoms with Gasteiger partial charge in [0.05, 0.1) is 6.61 Å². The average molecular weight is 491 g/mol. The van der Waals surface area contributed by atoms with Crippen molar-refractivity contribution in [2.24, 2.45) is 22.7 Å². The Kier molecular flexibility index (Phi) is 9.16. The minimum Gasteiger partial charge on any atom is -0.507 e. The number of phenolic OH excluding ortho intramolecular Hbond substituents is 1. The van der Waals surface area contributed by atoms with Gasteiger partial charge in [-0.25, -0.2) is 4.79 Å². The van der Waals surface area contributed by atoms with Crippen molar-refractivity contribution >= 4 is 17.8 Å². The van der Waals surface area contributed by atoms with Crippen molar-refractivity contribution in [3.05, 3.63) is 71.3 Å². The highest BCUT2D eigenvalue weighted by Crippen LogP contribution is 2.65. The van der Waals surface area contributed by atoms with E-state index in [-0.39, 0.29) is 22.1 Å². The van der Waals surface area contributed by atoms with Gasteiger partial charge in [0.15, 0.2) is 5.78 Å². The molecule has 1 N–H and O–H groups in total. The molecule has 0 amide bonds. The van der Waals surface area contributed by atoms with Gasteiger partial charge in [-0.1, -0.05) is 96.3 Å². The summed E-state index contributed by atoms with van der Waals surface area (Å²) in [4.78, 5) is 24.4. The predicted molar refractivity (Wildman–Crippen MR) is 146 cm³/mol. The van der Waals surface area contributed by atoms with E-state index in [0.29, 0.717) is 24.2 Å². The monoisotopic (exact) mass is 490 g/mol. The quantitative estimate of drug-likeness (QED) is 0.302. The van der Waals surface area contributed by atoms with Gasteiger partial charge in [-0.3, -0.25) is 4.79 Å². The van der Waals surface area contributed by atoms with E-state index < -0.39 is 5.97 Å². The highest BCUT2D eigenvalue weighted by Gasteiger charge is 2.63. The van der Waals surface area contributed by atoms with E-state index in [2.05, 4.69) is 52.8 Å². The minimum absolute atomic E-state index is 0.0240. The van der Waals surface area contributed by atoms with Gasteiger partial charge in [-0.05, 0) is 65.9 Å². The van der Waals surface area contributed by atoms with Crippen LogP contribution in [-0.4, -0.2) is 23.5 Å². The maximum absolute atomic E-state index is 12.6. The summed E-state index contributed by atoms with van der Waals surface area (Å²) in [5, 5.41) is 9.54. The van der Waals surface area contributed by atoms with Crippen LogP contribution in [0.15, 0.2) is 60.2 Å². The Morgan fingerprint density at radius 3 is 2.33 bits per heavy atom. The highest BCUT2D eigenvalue weighted by molar-refractivity contribution is 6.07. The summed E-state index contributed by atoms with van der Waals surface area (Å²) >= 11 is 0. The largest absolute Gasteiger partial charge is 0.507 e. The van der Waals surface area contributed by atoms with E-state index in [1.165, 1.54) is 6.07 Å². The van der Waals surface area contributed by atoms with E-state index in [0.717, 1.165) is 49.7 Å². The molecule has 3 unspecified atom stereocenters. The Labute approximate surface area is 216 Å². The number of carbonyl (C=O) groups excluding carboxylic acids is 2. The maximum Gasteiger partial charge on any atom is 0.341 e. The molecule has 0 spiro atoms. The first kappa shape index (κ1) is 27.7. The number of unbranched alkanes of at least 4 members (excludes halogenated alkanes) is 1. The Balaban J connectivity index is 0.000000201. The highest BCUT2D eigenvalue weighted by atomic mass is 16.5. The molecule has 2 aliphatic rings. The number of rotatable bonds is 8. The van der Waals surface area contributed by atoms with Gasteiger partial charge in [0.25, 0.3) is 0 Å². The lowest BCUT2D eigenvalue weighted by Crippen LogP contribution is -2.32. The second-order valence-corrected chi connectivity index (χ2v) is 11.0. The van der Waals surface area contributed by atoms with Crippen molar-refractivity contribution in [1.29, 1.82) is 0 Å². The third-order valence-electron chi connectivity index (χ3n) is 8.60. The van der Waals surface area contributed by atoms with Crippen LogP contribution in [0, 0.1) is 22.7 Å². The Morgan fingerprint density at radius 2 is 1.75 bits per heavy atom. The predicted octanol–water partition coefficient (Wildman–Crippen LogP) is 7.86. The number of carbonyl (C=O) groups is 2. The van der Waals surface area contributed by atoms with Crippen molar-refractivity contribution in [3.8, 4) is 5.75 Å². The lowest BCUT2D eigenvalue weighted by atomic mass is 9.70. The van der Waals surface area contributed by atoms with E-state index in [9.17, 15) is 14.7 Å². The molecule has 2 aromatic carbocycles. The molecule has 3 atom stereocenters. The molecule has 2 fully saturated rings. The topological polar surface area (TPSA) is 63.6 Å².